The maximum atomic E-state index is 9.19. The second-order valence-corrected chi connectivity index (χ2v) is 4.40. The maximum absolute atomic E-state index is 9.19. The molecule has 3 N–H and O–H groups in total. The van der Waals surface area contributed by atoms with Gasteiger partial charge in [-0.1, -0.05) is 6.07 Å². The molecule has 1 saturated carbocycles. The normalized spacial score (nSPS) is 32.7. The van der Waals surface area contributed by atoms with Crippen molar-refractivity contribution in [3.63, 3.8) is 0 Å². The number of aliphatic hydroxyl groups is 1. The van der Waals surface area contributed by atoms with Crippen LogP contribution in [0.5, 0.6) is 0 Å². The monoisotopic (exact) mass is 242 g/mol. The van der Waals surface area contributed by atoms with Gasteiger partial charge >= 0.3 is 0 Å². The van der Waals surface area contributed by atoms with E-state index >= 15 is 0 Å². The van der Waals surface area contributed by atoms with E-state index in [0.717, 1.165) is 10.2 Å². The summed E-state index contributed by atoms with van der Waals surface area (Å²) in [5, 5.41) is 9.19. The first-order valence-electron chi connectivity index (χ1n) is 4.19. The Labute approximate surface area is 85.1 Å². The Morgan fingerprint density at radius 2 is 2.23 bits per heavy atom. The van der Waals surface area contributed by atoms with Crippen molar-refractivity contribution in [1.82, 2.24) is 4.98 Å². The number of nitrogens with zero attached hydrogens (tertiary/aromatic N) is 1. The largest absolute Gasteiger partial charge is 0.393 e. The van der Waals surface area contributed by atoms with Crippen molar-refractivity contribution in [2.75, 3.05) is 0 Å². The van der Waals surface area contributed by atoms with Gasteiger partial charge in [-0.25, -0.2) is 4.98 Å². The molecule has 0 atom stereocenters. The van der Waals surface area contributed by atoms with Crippen LogP contribution in [0.2, 0.25) is 0 Å². The number of hydrogen-bond donors (Lipinski definition) is 2. The summed E-state index contributed by atoms with van der Waals surface area (Å²) in [7, 11) is 0. The molecule has 0 saturated heterocycles. The highest BCUT2D eigenvalue weighted by Crippen LogP contribution is 2.38. The molecule has 1 aliphatic carbocycles. The van der Waals surface area contributed by atoms with Gasteiger partial charge in [-0.15, -0.1) is 0 Å². The lowest BCUT2D eigenvalue weighted by molar-refractivity contribution is 0.0208. The molecular weight excluding hydrogens is 232 g/mol. The van der Waals surface area contributed by atoms with Gasteiger partial charge in [-0.2, -0.15) is 0 Å². The highest BCUT2D eigenvalue weighted by Gasteiger charge is 2.41. The van der Waals surface area contributed by atoms with Crippen LogP contribution >= 0.6 is 15.9 Å². The Hall–Kier alpha value is -0.450. The van der Waals surface area contributed by atoms with Crippen molar-refractivity contribution in [1.29, 1.82) is 0 Å². The first-order valence-corrected chi connectivity index (χ1v) is 4.98. The molecule has 70 valence electrons. The summed E-state index contributed by atoms with van der Waals surface area (Å²) in [5.74, 6) is 0. The third kappa shape index (κ3) is 1.61. The molecular formula is C9H11BrN2O. The SMILES string of the molecule is NC1(c2ccc(Br)nc2)CC(O)C1. The molecule has 1 aliphatic rings. The Morgan fingerprint density at radius 1 is 1.54 bits per heavy atom. The van der Waals surface area contributed by atoms with Crippen LogP contribution in [-0.4, -0.2) is 16.2 Å². The quantitative estimate of drug-likeness (QED) is 0.727. The van der Waals surface area contributed by atoms with Crippen molar-refractivity contribution in [2.24, 2.45) is 5.73 Å². The molecule has 1 heterocycles. The van der Waals surface area contributed by atoms with Crippen LogP contribution in [0, 0.1) is 0 Å². The fourth-order valence-electron chi connectivity index (χ4n) is 1.69. The van der Waals surface area contributed by atoms with Gasteiger partial charge in [0.25, 0.3) is 0 Å². The average Bonchev–Trinajstić information content (AvgIpc) is 2.03. The fraction of sp³-hybridized carbons (Fsp3) is 0.444. The summed E-state index contributed by atoms with van der Waals surface area (Å²) in [5.41, 5.74) is 6.70. The number of nitrogens with two attached hydrogens (primary N) is 1. The zero-order valence-corrected chi connectivity index (χ0v) is 8.66. The van der Waals surface area contributed by atoms with Crippen molar-refractivity contribution < 1.29 is 5.11 Å². The molecule has 1 aromatic rings. The summed E-state index contributed by atoms with van der Waals surface area (Å²) in [6, 6.07) is 3.82. The summed E-state index contributed by atoms with van der Waals surface area (Å²) in [6.45, 7) is 0. The van der Waals surface area contributed by atoms with E-state index in [0.29, 0.717) is 12.8 Å². The van der Waals surface area contributed by atoms with Gasteiger partial charge in [-0.3, -0.25) is 0 Å². The minimum Gasteiger partial charge on any atom is -0.393 e. The molecule has 13 heavy (non-hydrogen) atoms. The molecule has 2 rings (SSSR count). The minimum atomic E-state index is -0.354. The van der Waals surface area contributed by atoms with Gasteiger partial charge in [0.2, 0.25) is 0 Å². The second kappa shape index (κ2) is 3.04. The molecule has 1 aromatic heterocycles. The van der Waals surface area contributed by atoms with E-state index in [9.17, 15) is 5.11 Å². The minimum absolute atomic E-state index is 0.242. The summed E-state index contributed by atoms with van der Waals surface area (Å²) in [6.07, 6.45) is 2.79. The topological polar surface area (TPSA) is 59.1 Å². The highest BCUT2D eigenvalue weighted by atomic mass is 79.9. The Balaban J connectivity index is 2.22. The number of rotatable bonds is 1. The zero-order valence-electron chi connectivity index (χ0n) is 7.07. The first-order chi connectivity index (χ1) is 6.10. The lowest BCUT2D eigenvalue weighted by Gasteiger charge is -2.42. The molecule has 0 amide bonds. The van der Waals surface area contributed by atoms with E-state index in [1.807, 2.05) is 12.1 Å². The van der Waals surface area contributed by atoms with Crippen molar-refractivity contribution >= 4 is 15.9 Å². The third-order valence-electron chi connectivity index (χ3n) is 2.50. The molecule has 3 nitrogen and oxygen atoms in total. The fourth-order valence-corrected chi connectivity index (χ4v) is 1.92. The molecule has 0 spiro atoms. The lowest BCUT2D eigenvalue weighted by atomic mass is 9.71. The van der Waals surface area contributed by atoms with Crippen LogP contribution in [0.25, 0.3) is 0 Å². The molecule has 0 unspecified atom stereocenters. The zero-order chi connectivity index (χ0) is 9.47. The van der Waals surface area contributed by atoms with Gasteiger partial charge in [0.15, 0.2) is 0 Å². The van der Waals surface area contributed by atoms with Gasteiger partial charge in [-0.05, 0) is 40.4 Å². The predicted molar refractivity (Wildman–Crippen MR) is 53.0 cm³/mol. The molecule has 4 heteroatoms. The van der Waals surface area contributed by atoms with E-state index in [-0.39, 0.29) is 11.6 Å². The maximum Gasteiger partial charge on any atom is 0.106 e. The van der Waals surface area contributed by atoms with Crippen LogP contribution in [0.15, 0.2) is 22.9 Å². The average molecular weight is 243 g/mol. The predicted octanol–water partition coefficient (Wildman–Crippen LogP) is 1.15. The molecule has 0 aromatic carbocycles. The van der Waals surface area contributed by atoms with Gasteiger partial charge < -0.3 is 10.8 Å². The van der Waals surface area contributed by atoms with Crippen molar-refractivity contribution in [2.45, 2.75) is 24.5 Å². The standard InChI is InChI=1S/C9H11BrN2O/c10-8-2-1-6(5-12-8)9(11)3-7(13)4-9/h1-2,5,7,13H,3-4,11H2. The number of aromatic nitrogens is 1. The van der Waals surface area contributed by atoms with Gasteiger partial charge in [0, 0.05) is 11.7 Å². The molecule has 0 aliphatic heterocycles. The number of hydrogen-bond acceptors (Lipinski definition) is 3. The van der Waals surface area contributed by atoms with E-state index < -0.39 is 0 Å². The second-order valence-electron chi connectivity index (χ2n) is 3.59. The Morgan fingerprint density at radius 3 is 2.69 bits per heavy atom. The molecule has 0 radical (unpaired) electrons. The van der Waals surface area contributed by atoms with Crippen molar-refractivity contribution in [3.8, 4) is 0 Å². The van der Waals surface area contributed by atoms with Gasteiger partial charge in [0.05, 0.1) is 6.10 Å². The van der Waals surface area contributed by atoms with E-state index in [4.69, 9.17) is 5.73 Å². The Kier molecular flexibility index (Phi) is 2.14. The van der Waals surface area contributed by atoms with Crippen LogP contribution in [0.4, 0.5) is 0 Å². The van der Waals surface area contributed by atoms with Gasteiger partial charge in [0.1, 0.15) is 4.60 Å². The summed E-state index contributed by atoms with van der Waals surface area (Å²) < 4.78 is 0.805. The van der Waals surface area contributed by atoms with Crippen LogP contribution < -0.4 is 5.73 Å². The molecule has 0 bridgehead atoms. The van der Waals surface area contributed by atoms with Crippen LogP contribution in [-0.2, 0) is 5.54 Å². The smallest absolute Gasteiger partial charge is 0.106 e. The van der Waals surface area contributed by atoms with E-state index in [1.54, 1.807) is 6.20 Å². The lowest BCUT2D eigenvalue weighted by Crippen LogP contribution is -2.51. The summed E-state index contributed by atoms with van der Waals surface area (Å²) >= 11 is 3.26. The molecule has 1 fully saturated rings. The van der Waals surface area contributed by atoms with Crippen LogP contribution in [0.3, 0.4) is 0 Å². The number of pyridine rings is 1. The van der Waals surface area contributed by atoms with Crippen molar-refractivity contribution in [3.05, 3.63) is 28.5 Å². The van der Waals surface area contributed by atoms with Crippen LogP contribution in [0.1, 0.15) is 18.4 Å². The number of aliphatic hydroxyl groups excluding tert-OH is 1. The highest BCUT2D eigenvalue weighted by molar-refractivity contribution is 9.10. The van der Waals surface area contributed by atoms with E-state index in [1.165, 1.54) is 0 Å². The van der Waals surface area contributed by atoms with E-state index in [2.05, 4.69) is 20.9 Å². The summed E-state index contributed by atoms with van der Waals surface area (Å²) in [4.78, 5) is 4.11. The number of halogens is 1. The first kappa shape index (κ1) is 9.12. The Bertz CT molecular complexity index is 306. The third-order valence-corrected chi connectivity index (χ3v) is 2.97.